The van der Waals surface area contributed by atoms with Crippen molar-refractivity contribution >= 4 is 5.95 Å². The molecule has 5 heteroatoms. The van der Waals surface area contributed by atoms with Crippen LogP contribution in [0.5, 0.6) is 0 Å². The second-order valence-corrected chi connectivity index (χ2v) is 2.29. The van der Waals surface area contributed by atoms with E-state index in [0.717, 1.165) is 11.3 Å². The Balaban J connectivity index is 2.48. The highest BCUT2D eigenvalue weighted by Crippen LogP contribution is 2.13. The number of aromatic amines is 1. The van der Waals surface area contributed by atoms with Crippen molar-refractivity contribution in [3.8, 4) is 11.3 Å². The Morgan fingerprint density at radius 3 is 3.00 bits per heavy atom. The number of nitrogens with one attached hydrogen (secondary N) is 1. The molecule has 3 N–H and O–H groups in total. The predicted octanol–water partition coefficient (Wildman–Crippen LogP) is 0.449. The third kappa shape index (κ3) is 1.12. The largest absolute Gasteiger partial charge is 0.368 e. The van der Waals surface area contributed by atoms with E-state index in [9.17, 15) is 0 Å². The topological polar surface area (TPSA) is 80.5 Å². The van der Waals surface area contributed by atoms with Gasteiger partial charge >= 0.3 is 0 Å². The summed E-state index contributed by atoms with van der Waals surface area (Å²) in [5.74, 6) is 0.272. The maximum Gasteiger partial charge on any atom is 0.220 e. The lowest BCUT2D eigenvalue weighted by Crippen LogP contribution is -1.94. The van der Waals surface area contributed by atoms with Crippen LogP contribution < -0.4 is 5.73 Å². The SMILES string of the molecule is Nc1nccc(-c2cn[nH]c2)n1. The van der Waals surface area contributed by atoms with Gasteiger partial charge in [-0.1, -0.05) is 0 Å². The van der Waals surface area contributed by atoms with Crippen LogP contribution >= 0.6 is 0 Å². The lowest BCUT2D eigenvalue weighted by Gasteiger charge is -1.95. The Kier molecular flexibility index (Phi) is 1.48. The Morgan fingerprint density at radius 1 is 1.42 bits per heavy atom. The van der Waals surface area contributed by atoms with Crippen molar-refractivity contribution in [3.05, 3.63) is 24.7 Å². The standard InChI is InChI=1S/C7H7N5/c8-7-9-2-1-6(12-7)5-3-10-11-4-5/h1-4H,(H,10,11)(H2,8,9,12). The third-order valence-electron chi connectivity index (χ3n) is 1.47. The summed E-state index contributed by atoms with van der Waals surface area (Å²) in [6, 6.07) is 1.78. The number of nitrogen functional groups attached to an aromatic ring is 1. The van der Waals surface area contributed by atoms with E-state index in [4.69, 9.17) is 5.73 Å². The number of aromatic nitrogens is 4. The monoisotopic (exact) mass is 161 g/mol. The first-order valence-electron chi connectivity index (χ1n) is 3.44. The fraction of sp³-hybridized carbons (Fsp3) is 0. The number of hydrogen-bond acceptors (Lipinski definition) is 4. The smallest absolute Gasteiger partial charge is 0.220 e. The van der Waals surface area contributed by atoms with E-state index in [1.807, 2.05) is 0 Å². The van der Waals surface area contributed by atoms with E-state index in [0.29, 0.717) is 0 Å². The summed E-state index contributed by atoms with van der Waals surface area (Å²) in [6.45, 7) is 0. The van der Waals surface area contributed by atoms with Crippen molar-refractivity contribution in [2.24, 2.45) is 0 Å². The van der Waals surface area contributed by atoms with Gasteiger partial charge in [0, 0.05) is 18.0 Å². The summed E-state index contributed by atoms with van der Waals surface area (Å²) in [5, 5.41) is 6.50. The summed E-state index contributed by atoms with van der Waals surface area (Å²) >= 11 is 0. The van der Waals surface area contributed by atoms with Crippen molar-refractivity contribution in [2.75, 3.05) is 5.73 Å². The maximum absolute atomic E-state index is 5.41. The fourth-order valence-electron chi connectivity index (χ4n) is 0.926. The van der Waals surface area contributed by atoms with E-state index in [2.05, 4.69) is 20.2 Å². The van der Waals surface area contributed by atoms with E-state index < -0.39 is 0 Å². The first kappa shape index (κ1) is 6.78. The summed E-state index contributed by atoms with van der Waals surface area (Å²) < 4.78 is 0. The molecule has 0 atom stereocenters. The molecule has 0 fully saturated rings. The number of anilines is 1. The van der Waals surface area contributed by atoms with Crippen LogP contribution in [-0.4, -0.2) is 20.2 Å². The Labute approximate surface area is 68.7 Å². The van der Waals surface area contributed by atoms with Gasteiger partial charge in [-0.15, -0.1) is 0 Å². The van der Waals surface area contributed by atoms with Gasteiger partial charge in [0.1, 0.15) is 0 Å². The maximum atomic E-state index is 5.41. The number of rotatable bonds is 1. The average molecular weight is 161 g/mol. The van der Waals surface area contributed by atoms with Crippen molar-refractivity contribution < 1.29 is 0 Å². The van der Waals surface area contributed by atoms with Gasteiger partial charge in [-0.25, -0.2) is 9.97 Å². The van der Waals surface area contributed by atoms with Crippen molar-refractivity contribution in [3.63, 3.8) is 0 Å². The number of nitrogens with zero attached hydrogens (tertiary/aromatic N) is 3. The zero-order valence-corrected chi connectivity index (χ0v) is 6.23. The van der Waals surface area contributed by atoms with Crippen LogP contribution in [-0.2, 0) is 0 Å². The molecular weight excluding hydrogens is 154 g/mol. The van der Waals surface area contributed by atoms with Gasteiger partial charge in [0.05, 0.1) is 11.9 Å². The van der Waals surface area contributed by atoms with E-state index in [1.165, 1.54) is 0 Å². The zero-order valence-electron chi connectivity index (χ0n) is 6.23. The summed E-state index contributed by atoms with van der Waals surface area (Å²) in [5.41, 5.74) is 7.09. The van der Waals surface area contributed by atoms with Gasteiger partial charge in [-0.3, -0.25) is 5.10 Å². The molecule has 2 aromatic rings. The molecule has 0 saturated heterocycles. The molecule has 0 saturated carbocycles. The van der Waals surface area contributed by atoms with Gasteiger partial charge in [0.15, 0.2) is 0 Å². The number of nitrogens with two attached hydrogens (primary N) is 1. The van der Waals surface area contributed by atoms with E-state index in [1.54, 1.807) is 24.7 Å². The highest BCUT2D eigenvalue weighted by Gasteiger charge is 1.99. The molecule has 60 valence electrons. The minimum Gasteiger partial charge on any atom is -0.368 e. The van der Waals surface area contributed by atoms with Crippen LogP contribution in [0.2, 0.25) is 0 Å². The molecule has 2 rings (SSSR count). The van der Waals surface area contributed by atoms with Crippen LogP contribution in [0.15, 0.2) is 24.7 Å². The van der Waals surface area contributed by atoms with Gasteiger partial charge in [-0.2, -0.15) is 5.10 Å². The molecule has 5 nitrogen and oxygen atoms in total. The fourth-order valence-corrected chi connectivity index (χ4v) is 0.926. The third-order valence-corrected chi connectivity index (χ3v) is 1.47. The minimum absolute atomic E-state index is 0.272. The van der Waals surface area contributed by atoms with Gasteiger partial charge in [0.25, 0.3) is 0 Å². The lowest BCUT2D eigenvalue weighted by molar-refractivity contribution is 1.09. The molecule has 0 aliphatic rings. The van der Waals surface area contributed by atoms with Gasteiger partial charge in [0.2, 0.25) is 5.95 Å². The lowest BCUT2D eigenvalue weighted by atomic mass is 10.2. The first-order valence-corrected chi connectivity index (χ1v) is 3.44. The number of H-pyrrole nitrogens is 1. The molecule has 0 spiro atoms. The molecule has 2 heterocycles. The van der Waals surface area contributed by atoms with Crippen molar-refractivity contribution in [2.45, 2.75) is 0 Å². The average Bonchev–Trinajstić information content (AvgIpc) is 2.56. The first-order chi connectivity index (χ1) is 5.86. The second kappa shape index (κ2) is 2.61. The summed E-state index contributed by atoms with van der Waals surface area (Å²) in [6.07, 6.45) is 5.05. The molecule has 12 heavy (non-hydrogen) atoms. The van der Waals surface area contributed by atoms with Crippen LogP contribution in [0.1, 0.15) is 0 Å². The molecule has 0 aliphatic heterocycles. The molecule has 0 aromatic carbocycles. The Bertz CT molecular complexity index is 367. The molecular formula is C7H7N5. The molecule has 0 unspecified atom stereocenters. The molecule has 0 bridgehead atoms. The number of hydrogen-bond donors (Lipinski definition) is 2. The van der Waals surface area contributed by atoms with Crippen molar-refractivity contribution in [1.29, 1.82) is 0 Å². The van der Waals surface area contributed by atoms with Crippen LogP contribution in [0, 0.1) is 0 Å². The quantitative estimate of drug-likeness (QED) is 0.636. The highest BCUT2D eigenvalue weighted by molar-refractivity contribution is 5.57. The van der Waals surface area contributed by atoms with Gasteiger partial charge in [-0.05, 0) is 6.07 Å². The highest BCUT2D eigenvalue weighted by atomic mass is 15.1. The van der Waals surface area contributed by atoms with Crippen LogP contribution in [0.3, 0.4) is 0 Å². The molecule has 0 amide bonds. The van der Waals surface area contributed by atoms with Crippen LogP contribution in [0.25, 0.3) is 11.3 Å². The molecule has 2 aromatic heterocycles. The van der Waals surface area contributed by atoms with Crippen LogP contribution in [0.4, 0.5) is 5.95 Å². The van der Waals surface area contributed by atoms with E-state index >= 15 is 0 Å². The van der Waals surface area contributed by atoms with Crippen molar-refractivity contribution in [1.82, 2.24) is 20.2 Å². The Morgan fingerprint density at radius 2 is 2.33 bits per heavy atom. The molecule has 0 aliphatic carbocycles. The predicted molar refractivity (Wildman–Crippen MR) is 44.0 cm³/mol. The Hall–Kier alpha value is -1.91. The van der Waals surface area contributed by atoms with E-state index in [-0.39, 0.29) is 5.95 Å². The minimum atomic E-state index is 0.272. The summed E-state index contributed by atoms with van der Waals surface area (Å²) in [7, 11) is 0. The van der Waals surface area contributed by atoms with Gasteiger partial charge < -0.3 is 5.73 Å². The zero-order chi connectivity index (χ0) is 8.39. The molecule has 0 radical (unpaired) electrons. The normalized spacial score (nSPS) is 10.0. The second-order valence-electron chi connectivity index (χ2n) is 2.29. The summed E-state index contributed by atoms with van der Waals surface area (Å²) in [4.78, 5) is 7.81.